The Morgan fingerprint density at radius 3 is 2.62 bits per heavy atom. The molecular formula is C13H8ClFN2O4. The van der Waals surface area contributed by atoms with Gasteiger partial charge in [-0.15, -0.1) is 0 Å². The first-order chi connectivity index (χ1) is 9.88. The van der Waals surface area contributed by atoms with Gasteiger partial charge in [0.15, 0.2) is 0 Å². The van der Waals surface area contributed by atoms with E-state index in [0.29, 0.717) is 0 Å². The number of nitrogens with zero attached hydrogens (tertiary/aromatic N) is 1. The lowest BCUT2D eigenvalue weighted by Crippen LogP contribution is -2.12. The molecule has 0 aromatic heterocycles. The van der Waals surface area contributed by atoms with Crippen LogP contribution in [0.4, 0.5) is 15.8 Å². The fourth-order valence-electron chi connectivity index (χ4n) is 1.57. The van der Waals surface area contributed by atoms with Crippen molar-refractivity contribution >= 4 is 28.9 Å². The molecule has 8 heteroatoms. The number of aromatic hydroxyl groups is 1. The third-order valence-corrected chi connectivity index (χ3v) is 2.93. The van der Waals surface area contributed by atoms with Crippen molar-refractivity contribution in [2.24, 2.45) is 0 Å². The predicted octanol–water partition coefficient (Wildman–Crippen LogP) is 3.35. The van der Waals surface area contributed by atoms with Crippen LogP contribution in [0, 0.1) is 15.9 Å². The van der Waals surface area contributed by atoms with Gasteiger partial charge < -0.3 is 10.4 Å². The molecule has 0 fully saturated rings. The number of nitro groups is 1. The average molecular weight is 311 g/mol. The van der Waals surface area contributed by atoms with Crippen LogP contribution in [0.5, 0.6) is 5.75 Å². The number of hydrogen-bond acceptors (Lipinski definition) is 4. The number of non-ortho nitro benzene ring substituents is 1. The Hall–Kier alpha value is -2.67. The summed E-state index contributed by atoms with van der Waals surface area (Å²) in [5.41, 5.74) is -0.488. The lowest BCUT2D eigenvalue weighted by Gasteiger charge is -2.07. The highest BCUT2D eigenvalue weighted by atomic mass is 35.5. The second kappa shape index (κ2) is 5.76. The number of halogens is 2. The zero-order valence-electron chi connectivity index (χ0n) is 10.3. The Labute approximate surface area is 122 Å². The fraction of sp³-hybridized carbons (Fsp3) is 0. The van der Waals surface area contributed by atoms with Gasteiger partial charge in [0.1, 0.15) is 11.6 Å². The van der Waals surface area contributed by atoms with E-state index in [9.17, 15) is 24.4 Å². The largest absolute Gasteiger partial charge is 0.506 e. The Kier molecular flexibility index (Phi) is 4.04. The summed E-state index contributed by atoms with van der Waals surface area (Å²) in [6, 6.07) is 6.59. The molecule has 0 radical (unpaired) electrons. The van der Waals surface area contributed by atoms with Crippen LogP contribution in [-0.2, 0) is 0 Å². The molecule has 0 saturated carbocycles. The van der Waals surface area contributed by atoms with Crippen LogP contribution < -0.4 is 5.32 Å². The monoisotopic (exact) mass is 310 g/mol. The number of phenolic OH excluding ortho intramolecular Hbond substituents is 1. The Morgan fingerprint density at radius 1 is 1.29 bits per heavy atom. The Morgan fingerprint density at radius 2 is 2.00 bits per heavy atom. The van der Waals surface area contributed by atoms with Gasteiger partial charge in [0.2, 0.25) is 0 Å². The van der Waals surface area contributed by atoms with E-state index in [1.165, 1.54) is 12.1 Å². The first-order valence-electron chi connectivity index (χ1n) is 5.62. The molecule has 0 heterocycles. The quantitative estimate of drug-likeness (QED) is 0.516. The molecule has 0 unspecified atom stereocenters. The van der Waals surface area contributed by atoms with E-state index in [0.717, 1.165) is 24.3 Å². The van der Waals surface area contributed by atoms with Crippen LogP contribution in [0.15, 0.2) is 36.4 Å². The lowest BCUT2D eigenvalue weighted by molar-refractivity contribution is -0.384. The molecule has 0 spiro atoms. The van der Waals surface area contributed by atoms with Crippen LogP contribution in [0.2, 0.25) is 5.02 Å². The summed E-state index contributed by atoms with van der Waals surface area (Å²) in [4.78, 5) is 21.9. The van der Waals surface area contributed by atoms with Gasteiger partial charge in [-0.1, -0.05) is 11.6 Å². The molecule has 108 valence electrons. The van der Waals surface area contributed by atoms with Crippen LogP contribution >= 0.6 is 11.6 Å². The third kappa shape index (κ3) is 3.26. The minimum atomic E-state index is -0.771. The molecule has 0 bridgehead atoms. The smallest absolute Gasteiger partial charge is 0.271 e. The van der Waals surface area contributed by atoms with E-state index in [-0.39, 0.29) is 27.7 Å². The predicted molar refractivity (Wildman–Crippen MR) is 74.1 cm³/mol. The van der Waals surface area contributed by atoms with E-state index >= 15 is 0 Å². The summed E-state index contributed by atoms with van der Waals surface area (Å²) in [6.07, 6.45) is 0. The number of nitrogens with one attached hydrogen (secondary N) is 1. The molecule has 2 aromatic carbocycles. The molecule has 6 nitrogen and oxygen atoms in total. The normalized spacial score (nSPS) is 10.2. The van der Waals surface area contributed by atoms with Crippen molar-refractivity contribution in [1.29, 1.82) is 0 Å². The second-order valence-electron chi connectivity index (χ2n) is 4.04. The van der Waals surface area contributed by atoms with E-state index in [1.54, 1.807) is 0 Å². The highest BCUT2D eigenvalue weighted by molar-refractivity contribution is 6.30. The van der Waals surface area contributed by atoms with Gasteiger partial charge in [-0.2, -0.15) is 0 Å². The summed E-state index contributed by atoms with van der Waals surface area (Å²) in [5, 5.41) is 22.4. The number of rotatable bonds is 3. The summed E-state index contributed by atoms with van der Waals surface area (Å²) >= 11 is 5.50. The molecule has 0 saturated heterocycles. The van der Waals surface area contributed by atoms with Gasteiger partial charge in [0.05, 0.1) is 15.6 Å². The molecule has 2 aromatic rings. The van der Waals surface area contributed by atoms with Crippen molar-refractivity contribution < 1.29 is 19.2 Å². The molecule has 0 atom stereocenters. The SMILES string of the molecule is O=C(Nc1cc([N+](=O)[O-])ccc1O)c1ccc(Cl)c(F)c1. The highest BCUT2D eigenvalue weighted by Crippen LogP contribution is 2.28. The number of hydrogen-bond donors (Lipinski definition) is 2. The second-order valence-corrected chi connectivity index (χ2v) is 4.45. The number of amides is 1. The number of benzene rings is 2. The summed E-state index contributed by atoms with van der Waals surface area (Å²) < 4.78 is 13.3. The maximum atomic E-state index is 13.3. The molecule has 1 amide bonds. The molecule has 0 aliphatic carbocycles. The van der Waals surface area contributed by atoms with E-state index in [1.807, 2.05) is 0 Å². The lowest BCUT2D eigenvalue weighted by atomic mass is 10.2. The standard InChI is InChI=1S/C13H8ClFN2O4/c14-9-3-1-7(5-10(9)15)13(19)16-11-6-8(17(20)21)2-4-12(11)18/h1-6,18H,(H,16,19). The van der Waals surface area contributed by atoms with E-state index in [4.69, 9.17) is 11.6 Å². The van der Waals surface area contributed by atoms with E-state index < -0.39 is 16.6 Å². The molecular weight excluding hydrogens is 303 g/mol. The van der Waals surface area contributed by atoms with E-state index in [2.05, 4.69) is 5.32 Å². The van der Waals surface area contributed by atoms with Crippen molar-refractivity contribution in [1.82, 2.24) is 0 Å². The number of anilines is 1. The van der Waals surface area contributed by atoms with Crippen molar-refractivity contribution in [2.75, 3.05) is 5.32 Å². The third-order valence-electron chi connectivity index (χ3n) is 2.62. The summed E-state index contributed by atoms with van der Waals surface area (Å²) in [5.74, 6) is -1.85. The van der Waals surface area contributed by atoms with Gasteiger partial charge in [-0.05, 0) is 24.3 Å². The van der Waals surface area contributed by atoms with Gasteiger partial charge in [-0.25, -0.2) is 4.39 Å². The Balaban J connectivity index is 2.28. The number of phenols is 1. The Bertz CT molecular complexity index is 736. The molecule has 2 rings (SSSR count). The first-order valence-corrected chi connectivity index (χ1v) is 6.00. The molecule has 0 aliphatic heterocycles. The van der Waals surface area contributed by atoms with Crippen molar-refractivity contribution in [3.05, 3.63) is 62.9 Å². The average Bonchev–Trinajstić information content (AvgIpc) is 2.43. The van der Waals surface area contributed by atoms with Crippen LogP contribution in [0.25, 0.3) is 0 Å². The van der Waals surface area contributed by atoms with Crippen molar-refractivity contribution in [3.63, 3.8) is 0 Å². The summed E-state index contributed by atoms with van der Waals surface area (Å²) in [6.45, 7) is 0. The number of carbonyl (C=O) groups is 1. The van der Waals surface area contributed by atoms with Gasteiger partial charge >= 0.3 is 0 Å². The fourth-order valence-corrected chi connectivity index (χ4v) is 1.69. The first kappa shape index (κ1) is 14.7. The topological polar surface area (TPSA) is 92.5 Å². The van der Waals surface area contributed by atoms with Gasteiger partial charge in [-0.3, -0.25) is 14.9 Å². The van der Waals surface area contributed by atoms with Gasteiger partial charge in [0, 0.05) is 17.7 Å². The molecule has 2 N–H and O–H groups in total. The minimum Gasteiger partial charge on any atom is -0.506 e. The van der Waals surface area contributed by atoms with Gasteiger partial charge in [0.25, 0.3) is 11.6 Å². The summed E-state index contributed by atoms with van der Waals surface area (Å²) in [7, 11) is 0. The number of carbonyl (C=O) groups excluding carboxylic acids is 1. The number of nitro benzene ring substituents is 1. The zero-order valence-corrected chi connectivity index (χ0v) is 11.1. The van der Waals surface area contributed by atoms with Crippen molar-refractivity contribution in [3.8, 4) is 5.75 Å². The van der Waals surface area contributed by atoms with Crippen LogP contribution in [-0.4, -0.2) is 15.9 Å². The molecule has 21 heavy (non-hydrogen) atoms. The van der Waals surface area contributed by atoms with Crippen LogP contribution in [0.3, 0.4) is 0 Å². The maximum absolute atomic E-state index is 13.3. The zero-order chi connectivity index (χ0) is 15.6. The van der Waals surface area contributed by atoms with Crippen LogP contribution in [0.1, 0.15) is 10.4 Å². The maximum Gasteiger partial charge on any atom is 0.271 e. The van der Waals surface area contributed by atoms with Crippen molar-refractivity contribution in [2.45, 2.75) is 0 Å². The minimum absolute atomic E-state index is 0.0391. The highest BCUT2D eigenvalue weighted by Gasteiger charge is 2.14. The molecule has 0 aliphatic rings.